The lowest BCUT2D eigenvalue weighted by molar-refractivity contribution is -0.149. The summed E-state index contributed by atoms with van der Waals surface area (Å²) in [6.07, 6.45) is 6.34. The van der Waals surface area contributed by atoms with Crippen molar-refractivity contribution in [3.05, 3.63) is 30.1 Å². The molecule has 0 spiro atoms. The Morgan fingerprint density at radius 1 is 1.30 bits per heavy atom. The number of rotatable bonds is 4. The van der Waals surface area contributed by atoms with Crippen molar-refractivity contribution in [3.63, 3.8) is 0 Å². The molecule has 1 aromatic rings. The van der Waals surface area contributed by atoms with E-state index in [1.807, 2.05) is 12.1 Å². The lowest BCUT2D eigenvalue weighted by Gasteiger charge is -2.37. The van der Waals surface area contributed by atoms with E-state index in [9.17, 15) is 9.59 Å². The number of aromatic nitrogens is 1. The summed E-state index contributed by atoms with van der Waals surface area (Å²) in [7, 11) is 0. The van der Waals surface area contributed by atoms with E-state index in [-0.39, 0.29) is 23.9 Å². The Morgan fingerprint density at radius 2 is 2.00 bits per heavy atom. The summed E-state index contributed by atoms with van der Waals surface area (Å²) < 4.78 is 0. The van der Waals surface area contributed by atoms with Gasteiger partial charge in [-0.25, -0.2) is 0 Å². The van der Waals surface area contributed by atoms with Crippen molar-refractivity contribution >= 4 is 11.8 Å². The SMILES string of the molecule is CC1C(=O)NC(C2CC2)C(=O)N1CCc1ccncc1. The van der Waals surface area contributed by atoms with E-state index in [2.05, 4.69) is 10.3 Å². The van der Waals surface area contributed by atoms with E-state index >= 15 is 0 Å². The summed E-state index contributed by atoms with van der Waals surface area (Å²) in [5.74, 6) is 0.396. The maximum atomic E-state index is 12.5. The molecule has 2 amide bonds. The number of hydrogen-bond donors (Lipinski definition) is 1. The van der Waals surface area contributed by atoms with Crippen LogP contribution in [0.5, 0.6) is 0 Å². The fraction of sp³-hybridized carbons (Fsp3) is 0.533. The van der Waals surface area contributed by atoms with Crippen LogP contribution < -0.4 is 5.32 Å². The van der Waals surface area contributed by atoms with Gasteiger partial charge in [-0.1, -0.05) is 0 Å². The normalized spacial score (nSPS) is 26.6. The summed E-state index contributed by atoms with van der Waals surface area (Å²) >= 11 is 0. The zero-order valence-corrected chi connectivity index (χ0v) is 11.6. The topological polar surface area (TPSA) is 62.3 Å². The third-order valence-electron chi connectivity index (χ3n) is 4.18. The number of carbonyl (C=O) groups excluding carboxylic acids is 2. The van der Waals surface area contributed by atoms with Crippen molar-refractivity contribution in [3.8, 4) is 0 Å². The van der Waals surface area contributed by atoms with Crippen molar-refractivity contribution < 1.29 is 9.59 Å². The van der Waals surface area contributed by atoms with Gasteiger partial charge >= 0.3 is 0 Å². The van der Waals surface area contributed by atoms with Crippen LogP contribution in [0, 0.1) is 5.92 Å². The summed E-state index contributed by atoms with van der Waals surface area (Å²) in [5.41, 5.74) is 1.13. The Morgan fingerprint density at radius 3 is 2.65 bits per heavy atom. The molecule has 106 valence electrons. The number of hydrogen-bond acceptors (Lipinski definition) is 3. The van der Waals surface area contributed by atoms with Gasteiger partial charge < -0.3 is 10.2 Å². The van der Waals surface area contributed by atoms with Crippen molar-refractivity contribution in [2.75, 3.05) is 6.54 Å². The smallest absolute Gasteiger partial charge is 0.246 e. The second-order valence-electron chi connectivity index (χ2n) is 5.64. The first-order valence-corrected chi connectivity index (χ1v) is 7.16. The monoisotopic (exact) mass is 273 g/mol. The molecule has 0 radical (unpaired) electrons. The Kier molecular flexibility index (Phi) is 3.42. The van der Waals surface area contributed by atoms with Crippen LogP contribution in [-0.4, -0.2) is 40.3 Å². The summed E-state index contributed by atoms with van der Waals surface area (Å²) in [6, 6.07) is 3.21. The van der Waals surface area contributed by atoms with Gasteiger partial charge in [-0.05, 0) is 49.8 Å². The van der Waals surface area contributed by atoms with Crippen molar-refractivity contribution in [1.82, 2.24) is 15.2 Å². The quantitative estimate of drug-likeness (QED) is 0.880. The molecule has 1 saturated carbocycles. The minimum absolute atomic E-state index is 0.0313. The van der Waals surface area contributed by atoms with Crippen LogP contribution in [0.1, 0.15) is 25.3 Å². The van der Waals surface area contributed by atoms with Gasteiger partial charge in [0, 0.05) is 18.9 Å². The first kappa shape index (κ1) is 13.1. The standard InChI is InChI=1S/C15H19N3O2/c1-10-14(19)17-13(12-2-3-12)15(20)18(10)9-6-11-4-7-16-8-5-11/h4-5,7-8,10,12-13H,2-3,6,9H2,1H3,(H,17,19). The van der Waals surface area contributed by atoms with E-state index in [4.69, 9.17) is 0 Å². The molecule has 2 fully saturated rings. The molecule has 2 aliphatic rings. The number of nitrogens with one attached hydrogen (secondary N) is 1. The number of carbonyl (C=O) groups is 2. The molecule has 1 saturated heterocycles. The highest BCUT2D eigenvalue weighted by atomic mass is 16.2. The highest BCUT2D eigenvalue weighted by Gasteiger charge is 2.45. The second kappa shape index (κ2) is 5.23. The maximum Gasteiger partial charge on any atom is 0.246 e. The molecular formula is C15H19N3O2. The zero-order chi connectivity index (χ0) is 14.1. The molecule has 1 N–H and O–H groups in total. The average Bonchev–Trinajstić information content (AvgIpc) is 3.28. The third-order valence-corrected chi connectivity index (χ3v) is 4.18. The van der Waals surface area contributed by atoms with Crippen molar-refractivity contribution in [2.24, 2.45) is 5.92 Å². The number of piperazine rings is 1. The molecule has 1 aromatic heterocycles. The van der Waals surface area contributed by atoms with E-state index in [0.29, 0.717) is 12.5 Å². The lowest BCUT2D eigenvalue weighted by atomic mass is 10.0. The van der Waals surface area contributed by atoms with Crippen LogP contribution >= 0.6 is 0 Å². The van der Waals surface area contributed by atoms with Gasteiger partial charge in [0.05, 0.1) is 0 Å². The Balaban J connectivity index is 1.69. The van der Waals surface area contributed by atoms with E-state index < -0.39 is 0 Å². The number of amides is 2. The molecule has 1 aliphatic carbocycles. The first-order valence-electron chi connectivity index (χ1n) is 7.16. The molecule has 3 rings (SSSR count). The Hall–Kier alpha value is -1.91. The molecule has 20 heavy (non-hydrogen) atoms. The molecule has 5 nitrogen and oxygen atoms in total. The third kappa shape index (κ3) is 2.53. The molecule has 1 aliphatic heterocycles. The van der Waals surface area contributed by atoms with Crippen molar-refractivity contribution in [2.45, 2.75) is 38.3 Å². The Bertz CT molecular complexity index is 513. The van der Waals surface area contributed by atoms with E-state index in [1.165, 1.54) is 0 Å². The van der Waals surface area contributed by atoms with Crippen molar-refractivity contribution in [1.29, 1.82) is 0 Å². The minimum Gasteiger partial charge on any atom is -0.342 e. The minimum atomic E-state index is -0.376. The van der Waals surface area contributed by atoms with Gasteiger partial charge in [0.15, 0.2) is 0 Å². The number of pyridine rings is 1. The van der Waals surface area contributed by atoms with Gasteiger partial charge in [-0.2, -0.15) is 0 Å². The van der Waals surface area contributed by atoms with Gasteiger partial charge in [0.2, 0.25) is 11.8 Å². The van der Waals surface area contributed by atoms with Crippen LogP contribution in [0.3, 0.4) is 0 Å². The highest BCUT2D eigenvalue weighted by Crippen LogP contribution is 2.35. The summed E-state index contributed by atoms with van der Waals surface area (Å²) in [6.45, 7) is 2.38. The molecular weight excluding hydrogens is 254 g/mol. The zero-order valence-electron chi connectivity index (χ0n) is 11.6. The molecule has 2 heterocycles. The highest BCUT2D eigenvalue weighted by molar-refractivity contribution is 5.97. The summed E-state index contributed by atoms with van der Waals surface area (Å²) in [5, 5.41) is 2.87. The Labute approximate surface area is 118 Å². The summed E-state index contributed by atoms with van der Waals surface area (Å²) in [4.78, 5) is 30.2. The fourth-order valence-electron chi connectivity index (χ4n) is 2.70. The average molecular weight is 273 g/mol. The maximum absolute atomic E-state index is 12.5. The largest absolute Gasteiger partial charge is 0.342 e. The molecule has 0 aromatic carbocycles. The molecule has 2 unspecified atom stereocenters. The van der Waals surface area contributed by atoms with Crippen LogP contribution in [0.2, 0.25) is 0 Å². The van der Waals surface area contributed by atoms with Crippen LogP contribution in [0.25, 0.3) is 0 Å². The van der Waals surface area contributed by atoms with Gasteiger partial charge in [0.25, 0.3) is 0 Å². The van der Waals surface area contributed by atoms with Crippen LogP contribution in [-0.2, 0) is 16.0 Å². The van der Waals surface area contributed by atoms with Gasteiger partial charge in [0.1, 0.15) is 12.1 Å². The van der Waals surface area contributed by atoms with E-state index in [1.54, 1.807) is 24.2 Å². The predicted octanol–water partition coefficient (Wildman–Crippen LogP) is 0.750. The number of nitrogens with zero attached hydrogens (tertiary/aromatic N) is 2. The van der Waals surface area contributed by atoms with Crippen LogP contribution in [0.15, 0.2) is 24.5 Å². The first-order chi connectivity index (χ1) is 9.66. The van der Waals surface area contributed by atoms with E-state index in [0.717, 1.165) is 24.8 Å². The van der Waals surface area contributed by atoms with Gasteiger partial charge in [-0.3, -0.25) is 14.6 Å². The fourth-order valence-corrected chi connectivity index (χ4v) is 2.70. The van der Waals surface area contributed by atoms with Crippen LogP contribution in [0.4, 0.5) is 0 Å². The molecule has 5 heteroatoms. The second-order valence-corrected chi connectivity index (χ2v) is 5.64. The molecule has 2 atom stereocenters. The van der Waals surface area contributed by atoms with Gasteiger partial charge in [-0.15, -0.1) is 0 Å². The lowest BCUT2D eigenvalue weighted by Crippen LogP contribution is -2.63. The predicted molar refractivity (Wildman–Crippen MR) is 73.8 cm³/mol. The molecule has 0 bridgehead atoms.